The summed E-state index contributed by atoms with van der Waals surface area (Å²) in [6.45, 7) is 1.75. The van der Waals surface area contributed by atoms with Crippen molar-refractivity contribution in [3.05, 3.63) is 34.4 Å². The van der Waals surface area contributed by atoms with Gasteiger partial charge in [0.2, 0.25) is 5.16 Å². The van der Waals surface area contributed by atoms with E-state index in [0.29, 0.717) is 17.8 Å². The van der Waals surface area contributed by atoms with Gasteiger partial charge in [-0.25, -0.2) is 4.68 Å². The molecule has 0 saturated heterocycles. The predicted molar refractivity (Wildman–Crippen MR) is 79.8 cm³/mol. The number of nitrogens with two attached hydrogens (primary N) is 1. The Morgan fingerprint density at radius 3 is 2.59 bits per heavy atom. The molecular weight excluding hydrogens is 310 g/mol. The van der Waals surface area contributed by atoms with Gasteiger partial charge in [-0.15, -0.1) is 10.2 Å². The van der Waals surface area contributed by atoms with Gasteiger partial charge in [-0.2, -0.15) is 0 Å². The van der Waals surface area contributed by atoms with Crippen LogP contribution in [0, 0.1) is 10.1 Å². The number of carbonyl (C=O) groups is 1. The molecule has 1 unspecified atom stereocenters. The number of thioether (sulfide) groups is 1. The van der Waals surface area contributed by atoms with Crippen molar-refractivity contribution in [1.29, 1.82) is 0 Å². The molecule has 1 aromatic heterocycles. The van der Waals surface area contributed by atoms with Crippen molar-refractivity contribution in [2.45, 2.75) is 23.8 Å². The van der Waals surface area contributed by atoms with Gasteiger partial charge < -0.3 is 10.9 Å². The lowest BCUT2D eigenvalue weighted by Gasteiger charge is -2.08. The minimum absolute atomic E-state index is 0.0432. The Bertz CT molecular complexity index is 700. The molecule has 0 amide bonds. The van der Waals surface area contributed by atoms with Crippen LogP contribution in [0.2, 0.25) is 0 Å². The molecule has 1 aromatic carbocycles. The van der Waals surface area contributed by atoms with Gasteiger partial charge in [-0.1, -0.05) is 18.7 Å². The summed E-state index contributed by atoms with van der Waals surface area (Å²) in [5.41, 5.74) is 0.509. The van der Waals surface area contributed by atoms with Crippen LogP contribution in [-0.2, 0) is 4.79 Å². The summed E-state index contributed by atoms with van der Waals surface area (Å²) in [7, 11) is 0. The van der Waals surface area contributed by atoms with Gasteiger partial charge in [0.25, 0.3) is 5.69 Å². The highest BCUT2D eigenvalue weighted by Gasteiger charge is 2.21. The van der Waals surface area contributed by atoms with E-state index in [1.807, 2.05) is 0 Å². The second-order valence-corrected chi connectivity index (χ2v) is 5.50. The van der Waals surface area contributed by atoms with E-state index in [9.17, 15) is 14.9 Å². The van der Waals surface area contributed by atoms with Crippen LogP contribution in [0.1, 0.15) is 13.3 Å². The summed E-state index contributed by atoms with van der Waals surface area (Å²) in [6.07, 6.45) is 0.416. The molecule has 1 heterocycles. The first kappa shape index (κ1) is 15.8. The average molecular weight is 323 g/mol. The molecule has 2 aromatic rings. The van der Waals surface area contributed by atoms with Crippen LogP contribution in [0.5, 0.6) is 0 Å². The number of non-ortho nitro benzene ring substituents is 1. The highest BCUT2D eigenvalue weighted by atomic mass is 32.2. The van der Waals surface area contributed by atoms with Crippen LogP contribution < -0.4 is 5.84 Å². The third-order valence-corrected chi connectivity index (χ3v) is 4.20. The Morgan fingerprint density at radius 2 is 2.09 bits per heavy atom. The van der Waals surface area contributed by atoms with Gasteiger partial charge >= 0.3 is 5.97 Å². The van der Waals surface area contributed by atoms with Crippen LogP contribution >= 0.6 is 11.8 Å². The first-order chi connectivity index (χ1) is 10.4. The van der Waals surface area contributed by atoms with Crippen LogP contribution in [-0.4, -0.2) is 36.1 Å². The highest BCUT2D eigenvalue weighted by molar-refractivity contribution is 8.00. The lowest BCUT2D eigenvalue weighted by atomic mass is 10.2. The van der Waals surface area contributed by atoms with E-state index in [1.54, 1.807) is 6.92 Å². The molecule has 0 saturated carbocycles. The summed E-state index contributed by atoms with van der Waals surface area (Å²) in [4.78, 5) is 21.2. The van der Waals surface area contributed by atoms with Gasteiger partial charge in [0.05, 0.1) is 4.92 Å². The first-order valence-electron chi connectivity index (χ1n) is 6.28. The molecule has 3 N–H and O–H groups in total. The van der Waals surface area contributed by atoms with Gasteiger partial charge in [-0.3, -0.25) is 14.9 Å². The quantitative estimate of drug-likeness (QED) is 0.353. The molecule has 0 fully saturated rings. The number of aromatic nitrogens is 3. The number of carboxylic acids is 1. The van der Waals surface area contributed by atoms with Crippen molar-refractivity contribution >= 4 is 23.4 Å². The summed E-state index contributed by atoms with van der Waals surface area (Å²) in [6, 6.07) is 5.69. The number of hydrogen-bond acceptors (Lipinski definition) is 7. The SMILES string of the molecule is CCC(Sc1nnc(-c2ccc([N+](=O)[O-])cc2)n1N)C(=O)O. The summed E-state index contributed by atoms with van der Waals surface area (Å²) < 4.78 is 1.18. The average Bonchev–Trinajstić information content (AvgIpc) is 2.85. The number of rotatable bonds is 6. The third-order valence-electron chi connectivity index (χ3n) is 2.89. The molecule has 22 heavy (non-hydrogen) atoms. The van der Waals surface area contributed by atoms with Crippen LogP contribution in [0.25, 0.3) is 11.4 Å². The van der Waals surface area contributed by atoms with Crippen molar-refractivity contribution in [3.63, 3.8) is 0 Å². The van der Waals surface area contributed by atoms with Gasteiger partial charge in [0.15, 0.2) is 5.82 Å². The molecular formula is C12H13N5O4S. The number of nitro groups is 1. The molecule has 0 aliphatic heterocycles. The van der Waals surface area contributed by atoms with Gasteiger partial charge in [0, 0.05) is 17.7 Å². The molecule has 10 heteroatoms. The Morgan fingerprint density at radius 1 is 1.45 bits per heavy atom. The second-order valence-electron chi connectivity index (χ2n) is 4.33. The normalized spacial score (nSPS) is 12.0. The van der Waals surface area contributed by atoms with Gasteiger partial charge in [-0.05, 0) is 18.6 Å². The summed E-state index contributed by atoms with van der Waals surface area (Å²) >= 11 is 1.00. The van der Waals surface area contributed by atoms with Crippen molar-refractivity contribution < 1.29 is 14.8 Å². The van der Waals surface area contributed by atoms with Crippen LogP contribution in [0.3, 0.4) is 0 Å². The van der Waals surface area contributed by atoms with Crippen molar-refractivity contribution in [1.82, 2.24) is 14.9 Å². The van der Waals surface area contributed by atoms with Crippen LogP contribution in [0.4, 0.5) is 5.69 Å². The Labute approximate surface area is 129 Å². The van der Waals surface area contributed by atoms with E-state index >= 15 is 0 Å². The molecule has 2 rings (SSSR count). The molecule has 0 aliphatic rings. The van der Waals surface area contributed by atoms with E-state index < -0.39 is 16.1 Å². The maximum Gasteiger partial charge on any atom is 0.317 e. The number of nitro benzene ring substituents is 1. The molecule has 9 nitrogen and oxygen atoms in total. The molecule has 116 valence electrons. The van der Waals surface area contributed by atoms with Crippen molar-refractivity contribution in [2.24, 2.45) is 0 Å². The molecule has 0 radical (unpaired) electrons. The summed E-state index contributed by atoms with van der Waals surface area (Å²) in [5.74, 6) is 5.23. The van der Waals surface area contributed by atoms with E-state index in [1.165, 1.54) is 28.9 Å². The first-order valence-corrected chi connectivity index (χ1v) is 7.16. The Hall–Kier alpha value is -2.62. The van der Waals surface area contributed by atoms with Gasteiger partial charge in [0.1, 0.15) is 5.25 Å². The zero-order chi connectivity index (χ0) is 16.3. The van der Waals surface area contributed by atoms with E-state index in [-0.39, 0.29) is 10.8 Å². The Balaban J connectivity index is 2.27. The lowest BCUT2D eigenvalue weighted by Crippen LogP contribution is -2.18. The maximum atomic E-state index is 11.0. The second kappa shape index (κ2) is 6.43. The zero-order valence-corrected chi connectivity index (χ0v) is 12.4. The molecule has 1 atom stereocenters. The molecule has 0 aliphatic carbocycles. The van der Waals surface area contributed by atoms with Crippen molar-refractivity contribution in [3.8, 4) is 11.4 Å². The minimum atomic E-state index is -0.951. The lowest BCUT2D eigenvalue weighted by molar-refractivity contribution is -0.384. The molecule has 0 bridgehead atoms. The number of benzene rings is 1. The van der Waals surface area contributed by atoms with Crippen LogP contribution in [0.15, 0.2) is 29.4 Å². The smallest absolute Gasteiger partial charge is 0.317 e. The fourth-order valence-corrected chi connectivity index (χ4v) is 2.53. The topological polar surface area (TPSA) is 137 Å². The third kappa shape index (κ3) is 3.17. The van der Waals surface area contributed by atoms with Crippen molar-refractivity contribution in [2.75, 3.05) is 5.84 Å². The Kier molecular flexibility index (Phi) is 4.61. The van der Waals surface area contributed by atoms with E-state index in [4.69, 9.17) is 10.9 Å². The fourth-order valence-electron chi connectivity index (χ4n) is 1.72. The maximum absolute atomic E-state index is 11.0. The predicted octanol–water partition coefficient (Wildman–Crippen LogP) is 1.52. The number of nitrogen functional groups attached to an aromatic ring is 1. The number of nitrogens with zero attached hydrogens (tertiary/aromatic N) is 4. The number of aliphatic carboxylic acids is 1. The molecule has 0 spiro atoms. The largest absolute Gasteiger partial charge is 0.480 e. The number of carboxylic acid groups (broad SMARTS) is 1. The fraction of sp³-hybridized carbons (Fsp3) is 0.250. The monoisotopic (exact) mass is 323 g/mol. The summed E-state index contributed by atoms with van der Waals surface area (Å²) in [5, 5.41) is 27.1. The zero-order valence-electron chi connectivity index (χ0n) is 11.5. The standard InChI is InChI=1S/C12H13N5O4S/c1-2-9(11(18)19)22-12-15-14-10(16(12)13)7-3-5-8(6-4-7)17(20)21/h3-6,9H,2,13H2,1H3,(H,18,19). The van der Waals surface area contributed by atoms with E-state index in [0.717, 1.165) is 11.8 Å². The van der Waals surface area contributed by atoms with E-state index in [2.05, 4.69) is 10.2 Å². The highest BCUT2D eigenvalue weighted by Crippen LogP contribution is 2.27. The minimum Gasteiger partial charge on any atom is -0.480 e. The number of hydrogen-bond donors (Lipinski definition) is 2.